The Bertz CT molecular complexity index is 906. The molecule has 0 aliphatic carbocycles. The molecule has 28 heavy (non-hydrogen) atoms. The Balaban J connectivity index is 1.73. The molecule has 5 N–H and O–H groups in total. The lowest BCUT2D eigenvalue weighted by Crippen LogP contribution is -2.22. The highest BCUT2D eigenvalue weighted by Gasteiger charge is 2.04. The van der Waals surface area contributed by atoms with Crippen LogP contribution in [0.3, 0.4) is 0 Å². The van der Waals surface area contributed by atoms with Gasteiger partial charge in [-0.1, -0.05) is 12.1 Å². The lowest BCUT2D eigenvalue weighted by atomic mass is 10.1. The fraction of sp³-hybridized carbons (Fsp3) is 0.286. The molecule has 7 nitrogen and oxygen atoms in total. The van der Waals surface area contributed by atoms with Crippen molar-refractivity contribution in [3.8, 4) is 6.07 Å². The van der Waals surface area contributed by atoms with Crippen LogP contribution in [0.5, 0.6) is 0 Å². The van der Waals surface area contributed by atoms with Gasteiger partial charge in [-0.3, -0.25) is 9.79 Å². The van der Waals surface area contributed by atoms with Gasteiger partial charge >= 0.3 is 0 Å². The summed E-state index contributed by atoms with van der Waals surface area (Å²) in [6.07, 6.45) is 6.52. The SMILES string of the molecule is CN=C/C(=C\N)c1c[nH]c(=O)c(NCCCNCCc2ccc(C#N)cc2)c1. The molecule has 0 saturated carbocycles. The van der Waals surface area contributed by atoms with Gasteiger partial charge in [0.1, 0.15) is 5.69 Å². The van der Waals surface area contributed by atoms with Gasteiger partial charge in [-0.05, 0) is 49.7 Å². The maximum atomic E-state index is 12.0. The molecule has 0 aliphatic rings. The Morgan fingerprint density at radius 1 is 1.29 bits per heavy atom. The molecule has 2 aromatic rings. The minimum atomic E-state index is -0.165. The van der Waals surface area contributed by atoms with E-state index in [-0.39, 0.29) is 5.56 Å². The number of nitrogens with one attached hydrogen (secondary N) is 3. The Morgan fingerprint density at radius 3 is 2.75 bits per heavy atom. The van der Waals surface area contributed by atoms with Crippen LogP contribution in [-0.2, 0) is 6.42 Å². The summed E-state index contributed by atoms with van der Waals surface area (Å²) in [5, 5.41) is 15.4. The number of hydrogen-bond donors (Lipinski definition) is 4. The number of aliphatic imine (C=N–C) groups is 1. The quantitative estimate of drug-likeness (QED) is 0.372. The average Bonchev–Trinajstić information content (AvgIpc) is 2.73. The Hall–Kier alpha value is -3.37. The molecule has 0 atom stereocenters. The molecular formula is C21H26N6O. The van der Waals surface area contributed by atoms with Crippen molar-refractivity contribution in [1.82, 2.24) is 10.3 Å². The number of H-pyrrole nitrogens is 1. The van der Waals surface area contributed by atoms with Gasteiger partial charge in [-0.2, -0.15) is 5.26 Å². The summed E-state index contributed by atoms with van der Waals surface area (Å²) < 4.78 is 0. The number of nitrogens with zero attached hydrogens (tertiary/aromatic N) is 2. The van der Waals surface area contributed by atoms with E-state index in [1.165, 1.54) is 11.8 Å². The summed E-state index contributed by atoms with van der Waals surface area (Å²) in [4.78, 5) is 18.6. The van der Waals surface area contributed by atoms with Crippen LogP contribution in [0.15, 0.2) is 52.5 Å². The van der Waals surface area contributed by atoms with Crippen LogP contribution in [0.1, 0.15) is 23.1 Å². The van der Waals surface area contributed by atoms with Gasteiger partial charge in [0.15, 0.2) is 0 Å². The van der Waals surface area contributed by atoms with Crippen LogP contribution in [0, 0.1) is 11.3 Å². The van der Waals surface area contributed by atoms with E-state index in [0.29, 0.717) is 17.8 Å². The zero-order chi connectivity index (χ0) is 20.2. The van der Waals surface area contributed by atoms with Gasteiger partial charge in [0.05, 0.1) is 11.6 Å². The van der Waals surface area contributed by atoms with Crippen molar-refractivity contribution in [2.45, 2.75) is 12.8 Å². The third-order valence-corrected chi connectivity index (χ3v) is 4.20. The van der Waals surface area contributed by atoms with Gasteiger partial charge in [0, 0.05) is 43.3 Å². The zero-order valence-corrected chi connectivity index (χ0v) is 16.0. The first-order valence-corrected chi connectivity index (χ1v) is 9.18. The smallest absolute Gasteiger partial charge is 0.271 e. The molecule has 0 radical (unpaired) electrons. The minimum absolute atomic E-state index is 0.165. The number of aromatic nitrogens is 1. The standard InChI is InChI=1S/C21H26N6O/c1-24-14-19(13-23)18-11-20(21(28)27-15-18)26-9-2-8-25-10-7-16-3-5-17(12-22)6-4-16/h3-6,11,13-15,25-26H,2,7-10,23H2,1H3,(H,27,28)/b19-13+,24-14?. The molecule has 0 aliphatic heterocycles. The van der Waals surface area contributed by atoms with E-state index in [4.69, 9.17) is 11.0 Å². The van der Waals surface area contributed by atoms with E-state index in [0.717, 1.165) is 37.1 Å². The van der Waals surface area contributed by atoms with Crippen molar-refractivity contribution >= 4 is 17.5 Å². The fourth-order valence-corrected chi connectivity index (χ4v) is 2.67. The van der Waals surface area contributed by atoms with Gasteiger partial charge in [0.2, 0.25) is 0 Å². The number of nitrogens with two attached hydrogens (primary N) is 1. The van der Waals surface area contributed by atoms with Gasteiger partial charge in [0.25, 0.3) is 5.56 Å². The second-order valence-electron chi connectivity index (χ2n) is 6.23. The largest absolute Gasteiger partial charge is 0.404 e. The molecule has 146 valence electrons. The van der Waals surface area contributed by atoms with Crippen LogP contribution >= 0.6 is 0 Å². The van der Waals surface area contributed by atoms with Gasteiger partial charge in [-0.15, -0.1) is 0 Å². The van der Waals surface area contributed by atoms with E-state index in [2.05, 4.69) is 26.7 Å². The highest BCUT2D eigenvalue weighted by molar-refractivity contribution is 6.09. The van der Waals surface area contributed by atoms with Crippen LogP contribution in [-0.4, -0.2) is 37.9 Å². The maximum Gasteiger partial charge on any atom is 0.271 e. The monoisotopic (exact) mass is 378 g/mol. The lowest BCUT2D eigenvalue weighted by Gasteiger charge is -2.09. The number of allylic oxidation sites excluding steroid dienone is 1. The molecule has 1 aromatic carbocycles. The van der Waals surface area contributed by atoms with Crippen LogP contribution in [0.4, 0.5) is 5.69 Å². The second kappa shape index (κ2) is 11.4. The molecule has 0 unspecified atom stereocenters. The lowest BCUT2D eigenvalue weighted by molar-refractivity contribution is 0.660. The average molecular weight is 378 g/mol. The van der Waals surface area contributed by atoms with Crippen LogP contribution in [0.25, 0.3) is 5.57 Å². The van der Waals surface area contributed by atoms with E-state index in [1.54, 1.807) is 25.5 Å². The van der Waals surface area contributed by atoms with Crippen molar-refractivity contribution in [1.29, 1.82) is 5.26 Å². The Labute approximate surface area is 165 Å². The van der Waals surface area contributed by atoms with Crippen molar-refractivity contribution in [3.63, 3.8) is 0 Å². The molecule has 0 amide bonds. The summed E-state index contributed by atoms with van der Waals surface area (Å²) in [5.74, 6) is 0. The van der Waals surface area contributed by atoms with Crippen LogP contribution in [0.2, 0.25) is 0 Å². The highest BCUT2D eigenvalue weighted by Crippen LogP contribution is 2.12. The summed E-state index contributed by atoms with van der Waals surface area (Å²) in [6.45, 7) is 2.39. The minimum Gasteiger partial charge on any atom is -0.404 e. The molecule has 1 heterocycles. The number of anilines is 1. The van der Waals surface area contributed by atoms with Gasteiger partial charge < -0.3 is 21.4 Å². The van der Waals surface area contributed by atoms with Crippen molar-refractivity contribution in [2.75, 3.05) is 32.0 Å². The summed E-state index contributed by atoms with van der Waals surface area (Å²) in [6, 6.07) is 11.5. The number of nitriles is 1. The van der Waals surface area contributed by atoms with Crippen LogP contribution < -0.4 is 21.9 Å². The van der Waals surface area contributed by atoms with Gasteiger partial charge in [-0.25, -0.2) is 0 Å². The number of benzene rings is 1. The summed E-state index contributed by atoms with van der Waals surface area (Å²) in [5.41, 5.74) is 9.39. The molecule has 0 spiro atoms. The zero-order valence-electron chi connectivity index (χ0n) is 16.0. The Kier molecular flexibility index (Phi) is 8.50. The fourth-order valence-electron chi connectivity index (χ4n) is 2.67. The summed E-state index contributed by atoms with van der Waals surface area (Å²) in [7, 11) is 1.67. The second-order valence-corrected chi connectivity index (χ2v) is 6.23. The molecule has 2 rings (SSSR count). The summed E-state index contributed by atoms with van der Waals surface area (Å²) >= 11 is 0. The van der Waals surface area contributed by atoms with E-state index in [1.807, 2.05) is 24.3 Å². The molecule has 0 fully saturated rings. The molecule has 1 aromatic heterocycles. The molecule has 0 bridgehead atoms. The first-order chi connectivity index (χ1) is 13.7. The maximum absolute atomic E-state index is 12.0. The third kappa shape index (κ3) is 6.41. The van der Waals surface area contributed by atoms with E-state index in [9.17, 15) is 4.79 Å². The van der Waals surface area contributed by atoms with E-state index < -0.39 is 0 Å². The van der Waals surface area contributed by atoms with E-state index >= 15 is 0 Å². The highest BCUT2D eigenvalue weighted by atomic mass is 16.1. The number of pyridine rings is 1. The predicted molar refractivity (Wildman–Crippen MR) is 114 cm³/mol. The Morgan fingerprint density at radius 2 is 2.07 bits per heavy atom. The third-order valence-electron chi connectivity index (χ3n) is 4.20. The molecule has 7 heteroatoms. The first kappa shape index (κ1) is 20.9. The number of hydrogen-bond acceptors (Lipinski definition) is 6. The van der Waals surface area contributed by atoms with Crippen molar-refractivity contribution < 1.29 is 0 Å². The number of aromatic amines is 1. The number of rotatable bonds is 10. The van der Waals surface area contributed by atoms with Crippen molar-refractivity contribution in [2.24, 2.45) is 10.7 Å². The predicted octanol–water partition coefficient (Wildman–Crippen LogP) is 1.88. The topological polar surface area (TPSA) is 119 Å². The van der Waals surface area contributed by atoms with Crippen molar-refractivity contribution in [3.05, 3.63) is 69.8 Å². The molecular weight excluding hydrogens is 352 g/mol. The molecule has 0 saturated heterocycles. The normalized spacial score (nSPS) is 11.5. The first-order valence-electron chi connectivity index (χ1n) is 9.18.